The minimum atomic E-state index is -0.748. The van der Waals surface area contributed by atoms with E-state index in [1.807, 2.05) is 0 Å². The van der Waals surface area contributed by atoms with Crippen molar-refractivity contribution in [2.45, 2.75) is 26.3 Å². The van der Waals surface area contributed by atoms with Crippen LogP contribution in [-0.4, -0.2) is 52.8 Å². The summed E-state index contributed by atoms with van der Waals surface area (Å²) in [5.74, 6) is -1.97. The first kappa shape index (κ1) is 21.7. The van der Waals surface area contributed by atoms with Crippen LogP contribution >= 0.6 is 0 Å². The monoisotopic (exact) mass is 410 g/mol. The van der Waals surface area contributed by atoms with Crippen LogP contribution in [0, 0.1) is 5.82 Å². The third-order valence-corrected chi connectivity index (χ3v) is 5.54. The van der Waals surface area contributed by atoms with Crippen molar-refractivity contribution in [3.63, 3.8) is 0 Å². The van der Waals surface area contributed by atoms with Crippen LogP contribution in [0.5, 0.6) is 0 Å². The third-order valence-electron chi connectivity index (χ3n) is 5.54. The van der Waals surface area contributed by atoms with Gasteiger partial charge in [-0.15, -0.1) is 0 Å². The van der Waals surface area contributed by atoms with E-state index in [-0.39, 0.29) is 11.3 Å². The van der Waals surface area contributed by atoms with Gasteiger partial charge in [0.1, 0.15) is 11.6 Å². The Bertz CT molecular complexity index is 921. The van der Waals surface area contributed by atoms with Crippen molar-refractivity contribution < 1.29 is 19.1 Å². The summed E-state index contributed by atoms with van der Waals surface area (Å²) < 4.78 is 13.5. The fourth-order valence-corrected chi connectivity index (χ4v) is 3.86. The summed E-state index contributed by atoms with van der Waals surface area (Å²) in [5, 5.41) is 10.9. The molecule has 0 saturated carbocycles. The number of likely N-dealkylation sites (tertiary alicyclic amines) is 1. The number of halogens is 1. The Kier molecular flexibility index (Phi) is 7.00. The molecule has 0 unspecified atom stereocenters. The quantitative estimate of drug-likeness (QED) is 0.406. The summed E-state index contributed by atoms with van der Waals surface area (Å²) in [4.78, 5) is 29.5. The van der Waals surface area contributed by atoms with Gasteiger partial charge in [-0.2, -0.15) is 0 Å². The molecular formula is C24H27FN2O3. The molecule has 0 aliphatic carbocycles. The lowest BCUT2D eigenvalue weighted by Crippen LogP contribution is -2.33. The van der Waals surface area contributed by atoms with Crippen LogP contribution in [0.1, 0.15) is 37.4 Å². The Morgan fingerprint density at radius 1 is 1.03 bits per heavy atom. The summed E-state index contributed by atoms with van der Waals surface area (Å²) >= 11 is 0. The Labute approximate surface area is 176 Å². The third kappa shape index (κ3) is 4.44. The molecule has 1 aliphatic rings. The Morgan fingerprint density at radius 3 is 2.27 bits per heavy atom. The highest BCUT2D eigenvalue weighted by Gasteiger charge is 2.45. The lowest BCUT2D eigenvalue weighted by atomic mass is 9.95. The predicted molar refractivity (Wildman–Crippen MR) is 114 cm³/mol. The molecule has 30 heavy (non-hydrogen) atoms. The lowest BCUT2D eigenvalue weighted by Gasteiger charge is -2.26. The van der Waals surface area contributed by atoms with Crippen molar-refractivity contribution in [3.8, 4) is 0 Å². The van der Waals surface area contributed by atoms with E-state index >= 15 is 0 Å². The number of hydrogen-bond donors (Lipinski definition) is 1. The summed E-state index contributed by atoms with van der Waals surface area (Å²) in [6, 6.07) is 13.6. The number of nitrogens with zero attached hydrogens (tertiary/aromatic N) is 2. The van der Waals surface area contributed by atoms with Crippen LogP contribution in [0.4, 0.5) is 4.39 Å². The highest BCUT2D eigenvalue weighted by Crippen LogP contribution is 2.39. The van der Waals surface area contributed by atoms with Crippen LogP contribution in [0.15, 0.2) is 60.2 Å². The zero-order valence-corrected chi connectivity index (χ0v) is 17.3. The molecule has 3 rings (SSSR count). The molecule has 1 amide bonds. The molecule has 0 radical (unpaired) electrons. The average Bonchev–Trinajstić information content (AvgIpc) is 3.02. The highest BCUT2D eigenvalue weighted by atomic mass is 19.1. The minimum absolute atomic E-state index is 0.0423. The van der Waals surface area contributed by atoms with Crippen LogP contribution < -0.4 is 0 Å². The molecule has 6 heteroatoms. The van der Waals surface area contributed by atoms with Crippen molar-refractivity contribution >= 4 is 17.4 Å². The molecular weight excluding hydrogens is 383 g/mol. The average molecular weight is 410 g/mol. The normalized spacial score (nSPS) is 18.4. The Morgan fingerprint density at radius 2 is 1.67 bits per heavy atom. The zero-order chi connectivity index (χ0) is 21.7. The first-order valence-electron chi connectivity index (χ1n) is 10.3. The maximum Gasteiger partial charge on any atom is 0.295 e. The maximum absolute atomic E-state index is 13.5. The first-order chi connectivity index (χ1) is 14.5. The number of carbonyl (C=O) groups excluding carboxylic acids is 2. The molecule has 1 fully saturated rings. The number of carbonyl (C=O) groups is 2. The van der Waals surface area contributed by atoms with E-state index in [1.54, 1.807) is 42.5 Å². The molecule has 5 nitrogen and oxygen atoms in total. The fraction of sp³-hybridized carbons (Fsp3) is 0.333. The van der Waals surface area contributed by atoms with Crippen LogP contribution in [0.25, 0.3) is 5.76 Å². The highest BCUT2D eigenvalue weighted by molar-refractivity contribution is 6.46. The number of Topliss-reactive ketones (excluding diaryl/α,β-unsaturated/α-hetero) is 1. The lowest BCUT2D eigenvalue weighted by molar-refractivity contribution is -0.140. The van der Waals surface area contributed by atoms with Crippen LogP contribution in [0.3, 0.4) is 0 Å². The van der Waals surface area contributed by atoms with Crippen molar-refractivity contribution in [1.29, 1.82) is 0 Å². The van der Waals surface area contributed by atoms with E-state index in [1.165, 1.54) is 17.0 Å². The molecule has 0 bridgehead atoms. The SMILES string of the molecule is CCN(CC)CCCN1C(=O)C(=O)/C(=C(/O)c2ccccc2)[C@H]1c1ccc(F)cc1. The molecule has 158 valence electrons. The van der Waals surface area contributed by atoms with E-state index in [0.717, 1.165) is 19.6 Å². The molecule has 1 atom stereocenters. The molecule has 0 aromatic heterocycles. The van der Waals surface area contributed by atoms with Crippen LogP contribution in [-0.2, 0) is 9.59 Å². The summed E-state index contributed by atoms with van der Waals surface area (Å²) in [6.45, 7) is 7.14. The zero-order valence-electron chi connectivity index (χ0n) is 17.3. The molecule has 2 aromatic rings. The predicted octanol–water partition coefficient (Wildman–Crippen LogP) is 3.98. The van der Waals surface area contributed by atoms with Gasteiger partial charge in [-0.05, 0) is 43.8 Å². The number of rotatable bonds is 8. The maximum atomic E-state index is 13.5. The summed E-state index contributed by atoms with van der Waals surface area (Å²) in [6.07, 6.45) is 0.692. The molecule has 2 aromatic carbocycles. The number of hydrogen-bond acceptors (Lipinski definition) is 4. The molecule has 1 saturated heterocycles. The van der Waals surface area contributed by atoms with Crippen molar-refractivity contribution in [1.82, 2.24) is 9.80 Å². The largest absolute Gasteiger partial charge is 0.507 e. The number of benzene rings is 2. The van der Waals surface area contributed by atoms with Gasteiger partial charge in [0.25, 0.3) is 11.7 Å². The summed E-state index contributed by atoms with van der Waals surface area (Å²) in [5.41, 5.74) is 1.10. The number of aliphatic hydroxyl groups excluding tert-OH is 1. The van der Waals surface area contributed by atoms with E-state index < -0.39 is 23.5 Å². The molecule has 1 heterocycles. The number of amides is 1. The smallest absolute Gasteiger partial charge is 0.295 e. The second kappa shape index (κ2) is 9.67. The van der Waals surface area contributed by atoms with E-state index in [0.29, 0.717) is 24.1 Å². The van der Waals surface area contributed by atoms with E-state index in [9.17, 15) is 19.1 Å². The van der Waals surface area contributed by atoms with Gasteiger partial charge in [-0.3, -0.25) is 9.59 Å². The molecule has 1 aliphatic heterocycles. The van der Waals surface area contributed by atoms with Gasteiger partial charge >= 0.3 is 0 Å². The Balaban J connectivity index is 2.00. The van der Waals surface area contributed by atoms with E-state index in [2.05, 4.69) is 18.7 Å². The second-order valence-electron chi connectivity index (χ2n) is 7.29. The molecule has 1 N–H and O–H groups in total. The van der Waals surface area contributed by atoms with Crippen molar-refractivity contribution in [2.24, 2.45) is 0 Å². The van der Waals surface area contributed by atoms with Gasteiger partial charge in [0.05, 0.1) is 11.6 Å². The fourth-order valence-electron chi connectivity index (χ4n) is 3.86. The van der Waals surface area contributed by atoms with Gasteiger partial charge in [0.15, 0.2) is 0 Å². The van der Waals surface area contributed by atoms with Gasteiger partial charge in [-0.1, -0.05) is 56.3 Å². The Hall–Kier alpha value is -2.99. The summed E-state index contributed by atoms with van der Waals surface area (Å²) in [7, 11) is 0. The van der Waals surface area contributed by atoms with Crippen molar-refractivity contribution in [3.05, 3.63) is 77.1 Å². The van der Waals surface area contributed by atoms with Gasteiger partial charge < -0.3 is 14.9 Å². The molecule has 0 spiro atoms. The van der Waals surface area contributed by atoms with Crippen LogP contribution in [0.2, 0.25) is 0 Å². The minimum Gasteiger partial charge on any atom is -0.507 e. The van der Waals surface area contributed by atoms with Gasteiger partial charge in [-0.25, -0.2) is 4.39 Å². The van der Waals surface area contributed by atoms with Gasteiger partial charge in [0.2, 0.25) is 0 Å². The topological polar surface area (TPSA) is 60.9 Å². The van der Waals surface area contributed by atoms with Gasteiger partial charge in [0, 0.05) is 12.1 Å². The standard InChI is InChI=1S/C24H27FN2O3/c1-3-26(4-2)15-8-16-27-21(17-11-13-19(25)14-12-17)20(23(29)24(27)30)22(28)18-9-6-5-7-10-18/h5-7,9-14,21,28H,3-4,8,15-16H2,1-2H3/b22-20+/t21-/m1/s1. The van der Waals surface area contributed by atoms with E-state index in [4.69, 9.17) is 0 Å². The second-order valence-corrected chi connectivity index (χ2v) is 7.29. The number of aliphatic hydroxyl groups is 1. The van der Waals surface area contributed by atoms with Crippen molar-refractivity contribution in [2.75, 3.05) is 26.2 Å². The number of ketones is 1. The first-order valence-corrected chi connectivity index (χ1v) is 10.3.